The van der Waals surface area contributed by atoms with Crippen molar-refractivity contribution in [2.75, 3.05) is 13.2 Å². The molecule has 0 aliphatic carbocycles. The quantitative estimate of drug-likeness (QED) is 0.243. The minimum Gasteiger partial charge on any atom is -0.394 e. The Labute approximate surface area is 131 Å². The highest BCUT2D eigenvalue weighted by Crippen LogP contribution is 2.27. The van der Waals surface area contributed by atoms with Gasteiger partial charge in [-0.25, -0.2) is 0 Å². The molecule has 0 amide bonds. The van der Waals surface area contributed by atoms with Crippen molar-refractivity contribution in [3.63, 3.8) is 0 Å². The topological polar surface area (TPSA) is 197 Å². The largest absolute Gasteiger partial charge is 0.394 e. The van der Waals surface area contributed by atoms with Crippen LogP contribution in [0.3, 0.4) is 0 Å². The summed E-state index contributed by atoms with van der Waals surface area (Å²) in [5.74, 6) is 0. The molecule has 2 rings (SSSR count). The molecule has 0 bridgehead atoms. The summed E-state index contributed by atoms with van der Waals surface area (Å²) in [6.45, 7) is -1.22. The van der Waals surface area contributed by atoms with Gasteiger partial charge in [0.2, 0.25) is 6.29 Å². The minimum atomic E-state index is -1.66. The third kappa shape index (κ3) is 3.65. The lowest BCUT2D eigenvalue weighted by Crippen LogP contribution is -2.78. The van der Waals surface area contributed by atoms with Gasteiger partial charge in [-0.3, -0.25) is 0 Å². The van der Waals surface area contributed by atoms with Crippen molar-refractivity contribution in [2.45, 2.75) is 61.3 Å². The van der Waals surface area contributed by atoms with Gasteiger partial charge in [0.15, 0.2) is 12.3 Å². The fraction of sp³-hybridized carbons (Fsp3) is 1.00. The lowest BCUT2D eigenvalue weighted by molar-refractivity contribution is -0.502. The summed E-state index contributed by atoms with van der Waals surface area (Å²) in [4.78, 5) is 0. The summed E-state index contributed by atoms with van der Waals surface area (Å²) >= 11 is 0. The van der Waals surface area contributed by atoms with Gasteiger partial charge in [0.1, 0.15) is 42.7 Å². The van der Waals surface area contributed by atoms with Gasteiger partial charge in [0.25, 0.3) is 0 Å². The van der Waals surface area contributed by atoms with Crippen molar-refractivity contribution >= 4 is 0 Å². The first-order valence-corrected chi connectivity index (χ1v) is 7.23. The Morgan fingerprint density at radius 2 is 1.39 bits per heavy atom. The average Bonchev–Trinajstić information content (AvgIpc) is 2.55. The molecule has 0 saturated carbocycles. The molecule has 0 aromatic heterocycles. The molecule has 11 heteroatoms. The number of ether oxygens (including phenoxy) is 3. The van der Waals surface area contributed by atoms with Crippen LogP contribution in [0.1, 0.15) is 0 Å². The number of rotatable bonds is 4. The van der Waals surface area contributed by atoms with Crippen LogP contribution in [0.25, 0.3) is 0 Å². The SMILES string of the molecule is [NH3+]C1C(O)OC(CO)[C@H](O[C@@H]2OC(CO)[C@H](O)[C@H](O)C2O)[C@@H]1O. The van der Waals surface area contributed by atoms with Crippen molar-refractivity contribution in [1.29, 1.82) is 0 Å². The second-order valence-electron chi connectivity index (χ2n) is 5.70. The fourth-order valence-corrected chi connectivity index (χ4v) is 2.64. The van der Waals surface area contributed by atoms with Gasteiger partial charge in [0.05, 0.1) is 13.2 Å². The zero-order valence-electron chi connectivity index (χ0n) is 12.3. The summed E-state index contributed by atoms with van der Waals surface area (Å²) < 4.78 is 15.6. The molecule has 23 heavy (non-hydrogen) atoms. The van der Waals surface area contributed by atoms with Gasteiger partial charge in [-0.2, -0.15) is 0 Å². The second-order valence-corrected chi connectivity index (χ2v) is 5.70. The Morgan fingerprint density at radius 1 is 0.783 bits per heavy atom. The van der Waals surface area contributed by atoms with E-state index in [4.69, 9.17) is 19.3 Å². The molecule has 0 aromatic rings. The maximum Gasteiger partial charge on any atom is 0.211 e. The third-order valence-corrected chi connectivity index (χ3v) is 4.14. The number of aliphatic hydroxyl groups excluding tert-OH is 7. The Bertz CT molecular complexity index is 383. The average molecular weight is 342 g/mol. The predicted octanol–water partition coefficient (Wildman–Crippen LogP) is -6.15. The van der Waals surface area contributed by atoms with E-state index in [1.807, 2.05) is 0 Å². The van der Waals surface area contributed by atoms with Crippen LogP contribution in [0.5, 0.6) is 0 Å². The third-order valence-electron chi connectivity index (χ3n) is 4.14. The first-order chi connectivity index (χ1) is 10.8. The minimum absolute atomic E-state index is 0.594. The van der Waals surface area contributed by atoms with E-state index in [-0.39, 0.29) is 0 Å². The van der Waals surface area contributed by atoms with Crippen LogP contribution in [0.15, 0.2) is 0 Å². The van der Waals surface area contributed by atoms with Crippen molar-refractivity contribution in [2.24, 2.45) is 0 Å². The van der Waals surface area contributed by atoms with Gasteiger partial charge in [-0.05, 0) is 0 Å². The van der Waals surface area contributed by atoms with Gasteiger partial charge in [-0.1, -0.05) is 0 Å². The Morgan fingerprint density at radius 3 is 1.96 bits per heavy atom. The molecule has 11 nitrogen and oxygen atoms in total. The molecule has 0 spiro atoms. The molecule has 5 unspecified atom stereocenters. The summed E-state index contributed by atoms with van der Waals surface area (Å²) in [5.41, 5.74) is 3.53. The van der Waals surface area contributed by atoms with Crippen LogP contribution in [0, 0.1) is 0 Å². The number of aliphatic hydroxyl groups is 7. The van der Waals surface area contributed by atoms with E-state index in [0.717, 1.165) is 0 Å². The summed E-state index contributed by atoms with van der Waals surface area (Å²) in [6.07, 6.45) is -12.6. The Hall–Kier alpha value is -0.440. The van der Waals surface area contributed by atoms with Gasteiger partial charge in [-0.15, -0.1) is 0 Å². The van der Waals surface area contributed by atoms with E-state index in [2.05, 4.69) is 5.73 Å². The first kappa shape index (κ1) is 18.9. The summed E-state index contributed by atoms with van der Waals surface area (Å²) in [5, 5.41) is 67.5. The highest BCUT2D eigenvalue weighted by Gasteiger charge is 2.50. The fourth-order valence-electron chi connectivity index (χ4n) is 2.64. The van der Waals surface area contributed by atoms with Gasteiger partial charge < -0.3 is 55.7 Å². The lowest BCUT2D eigenvalue weighted by atomic mass is 9.96. The molecule has 10 atom stereocenters. The van der Waals surface area contributed by atoms with Crippen molar-refractivity contribution in [1.82, 2.24) is 0 Å². The Balaban J connectivity index is 2.11. The van der Waals surface area contributed by atoms with Crippen LogP contribution in [0.4, 0.5) is 0 Å². The summed E-state index contributed by atoms with van der Waals surface area (Å²) in [7, 11) is 0. The van der Waals surface area contributed by atoms with Crippen LogP contribution in [-0.2, 0) is 14.2 Å². The number of quaternary nitrogens is 1. The molecule has 2 saturated heterocycles. The summed E-state index contributed by atoms with van der Waals surface area (Å²) in [6, 6.07) is -0.979. The molecule has 2 heterocycles. The molecule has 10 N–H and O–H groups in total. The lowest BCUT2D eigenvalue weighted by Gasteiger charge is -2.44. The van der Waals surface area contributed by atoms with E-state index in [1.165, 1.54) is 0 Å². The monoisotopic (exact) mass is 342 g/mol. The van der Waals surface area contributed by atoms with E-state index in [1.54, 1.807) is 0 Å². The van der Waals surface area contributed by atoms with Crippen LogP contribution < -0.4 is 5.73 Å². The van der Waals surface area contributed by atoms with Gasteiger partial charge >= 0.3 is 0 Å². The number of hydrogen-bond donors (Lipinski definition) is 8. The van der Waals surface area contributed by atoms with Crippen LogP contribution in [-0.4, -0.2) is 110 Å². The van der Waals surface area contributed by atoms with E-state index < -0.39 is 74.6 Å². The molecular weight excluding hydrogens is 318 g/mol. The zero-order chi connectivity index (χ0) is 17.3. The predicted molar refractivity (Wildman–Crippen MR) is 69.3 cm³/mol. The molecule has 2 aliphatic heterocycles. The highest BCUT2D eigenvalue weighted by atomic mass is 16.7. The number of hydrogen-bond acceptors (Lipinski definition) is 10. The molecule has 136 valence electrons. The molecule has 0 aromatic carbocycles. The van der Waals surface area contributed by atoms with Crippen molar-refractivity contribution in [3.8, 4) is 0 Å². The van der Waals surface area contributed by atoms with Crippen molar-refractivity contribution in [3.05, 3.63) is 0 Å². The zero-order valence-corrected chi connectivity index (χ0v) is 12.3. The second kappa shape index (κ2) is 7.63. The first-order valence-electron chi connectivity index (χ1n) is 7.23. The van der Waals surface area contributed by atoms with E-state index >= 15 is 0 Å². The van der Waals surface area contributed by atoms with E-state index in [9.17, 15) is 30.6 Å². The van der Waals surface area contributed by atoms with Gasteiger partial charge in [0, 0.05) is 0 Å². The van der Waals surface area contributed by atoms with Crippen LogP contribution in [0.2, 0.25) is 0 Å². The standard InChI is InChI=1S/C12H23NO10/c13-5-7(17)10(4(2-15)21-11(5)20)23-12-9(19)8(18)6(16)3(1-14)22-12/h3-12,14-20H,1-2,13H2/p+1/t3?,4?,5?,6-,7+,8-,9?,10-,11?,12-/m0/s1. The maximum absolute atomic E-state index is 10.1. The smallest absolute Gasteiger partial charge is 0.211 e. The molecular formula is C12H24NO10+. The Kier molecular flexibility index (Phi) is 6.27. The van der Waals surface area contributed by atoms with Crippen molar-refractivity contribution < 1.29 is 55.7 Å². The molecule has 2 fully saturated rings. The maximum atomic E-state index is 10.1. The van der Waals surface area contributed by atoms with E-state index in [0.29, 0.717) is 0 Å². The van der Waals surface area contributed by atoms with Crippen LogP contribution >= 0.6 is 0 Å². The molecule has 2 aliphatic rings. The highest BCUT2D eigenvalue weighted by molar-refractivity contribution is 4.93. The molecule has 0 radical (unpaired) electrons. The normalized spacial score (nSPS) is 51.7.